The molecule has 20 heavy (non-hydrogen) atoms. The van der Waals surface area contributed by atoms with Crippen LogP contribution in [0.1, 0.15) is 5.56 Å². The van der Waals surface area contributed by atoms with Crippen molar-refractivity contribution in [3.8, 4) is 11.5 Å². The van der Waals surface area contributed by atoms with E-state index in [4.69, 9.17) is 5.11 Å². The van der Waals surface area contributed by atoms with Crippen molar-refractivity contribution in [3.05, 3.63) is 54.1 Å². The Labute approximate surface area is 113 Å². The number of phenolic OH excluding ortho intramolecular Hbond substituents is 1. The number of rotatable bonds is 4. The maximum Gasteiger partial charge on any atom is 0.573 e. The largest absolute Gasteiger partial charge is 0.573 e. The van der Waals surface area contributed by atoms with E-state index in [-0.39, 0.29) is 18.0 Å². The molecule has 3 nitrogen and oxygen atoms in total. The van der Waals surface area contributed by atoms with Gasteiger partial charge in [-0.3, -0.25) is 0 Å². The van der Waals surface area contributed by atoms with Crippen molar-refractivity contribution < 1.29 is 23.0 Å². The number of hydrogen-bond acceptors (Lipinski definition) is 3. The molecule has 0 aliphatic carbocycles. The van der Waals surface area contributed by atoms with E-state index in [1.54, 1.807) is 24.3 Å². The van der Waals surface area contributed by atoms with Gasteiger partial charge in [0.1, 0.15) is 11.5 Å². The lowest BCUT2D eigenvalue weighted by molar-refractivity contribution is -0.274. The van der Waals surface area contributed by atoms with E-state index < -0.39 is 6.36 Å². The van der Waals surface area contributed by atoms with Crippen LogP contribution in [-0.4, -0.2) is 11.5 Å². The highest BCUT2D eigenvalue weighted by Gasteiger charge is 2.31. The molecule has 0 aliphatic heterocycles. The summed E-state index contributed by atoms with van der Waals surface area (Å²) < 4.78 is 40.7. The molecule has 2 rings (SSSR count). The Morgan fingerprint density at radius 3 is 2.30 bits per heavy atom. The van der Waals surface area contributed by atoms with Crippen molar-refractivity contribution >= 4 is 5.69 Å². The van der Waals surface area contributed by atoms with Crippen molar-refractivity contribution in [1.82, 2.24) is 0 Å². The standard InChI is InChI=1S/C14H12F3NO2/c15-14(16,17)20-13-4-2-1-3-10(13)9-18-11-5-7-12(19)8-6-11/h1-8,18-19H,9H2. The number of phenols is 1. The second-order valence-electron chi connectivity index (χ2n) is 4.06. The lowest BCUT2D eigenvalue weighted by Gasteiger charge is -2.14. The molecule has 0 unspecified atom stereocenters. The van der Waals surface area contributed by atoms with Crippen molar-refractivity contribution in [1.29, 1.82) is 0 Å². The summed E-state index contributed by atoms with van der Waals surface area (Å²) in [5.41, 5.74) is 1.07. The minimum absolute atomic E-state index is 0.122. The molecule has 0 atom stereocenters. The number of ether oxygens (including phenoxy) is 1. The summed E-state index contributed by atoms with van der Waals surface area (Å²) in [6.07, 6.45) is -4.71. The first kappa shape index (κ1) is 14.0. The molecule has 2 N–H and O–H groups in total. The van der Waals surface area contributed by atoms with Gasteiger partial charge in [-0.25, -0.2) is 0 Å². The topological polar surface area (TPSA) is 41.5 Å². The maximum atomic E-state index is 12.3. The van der Waals surface area contributed by atoms with Crippen LogP contribution < -0.4 is 10.1 Å². The van der Waals surface area contributed by atoms with Crippen LogP contribution in [0.2, 0.25) is 0 Å². The molecule has 0 aromatic heterocycles. The van der Waals surface area contributed by atoms with E-state index in [2.05, 4.69) is 10.1 Å². The molecule has 0 radical (unpaired) electrons. The number of aromatic hydroxyl groups is 1. The predicted octanol–water partition coefficient (Wildman–Crippen LogP) is 3.90. The van der Waals surface area contributed by atoms with Crippen LogP contribution >= 0.6 is 0 Å². The SMILES string of the molecule is Oc1ccc(NCc2ccccc2OC(F)(F)F)cc1. The highest BCUT2D eigenvalue weighted by Crippen LogP contribution is 2.27. The highest BCUT2D eigenvalue weighted by molar-refractivity contribution is 5.47. The number of anilines is 1. The first-order valence-electron chi connectivity index (χ1n) is 5.80. The van der Waals surface area contributed by atoms with E-state index in [1.165, 1.54) is 24.3 Å². The third-order valence-corrected chi connectivity index (χ3v) is 2.55. The average molecular weight is 283 g/mol. The molecule has 0 fully saturated rings. The van der Waals surface area contributed by atoms with Crippen molar-refractivity contribution in [2.75, 3.05) is 5.32 Å². The van der Waals surface area contributed by atoms with Gasteiger partial charge in [-0.2, -0.15) is 0 Å². The molecule has 0 spiro atoms. The van der Waals surface area contributed by atoms with E-state index in [1.807, 2.05) is 0 Å². The molecular weight excluding hydrogens is 271 g/mol. The molecule has 0 amide bonds. The number of alkyl halides is 3. The zero-order valence-corrected chi connectivity index (χ0v) is 10.3. The van der Waals surface area contributed by atoms with Gasteiger partial charge in [-0.15, -0.1) is 13.2 Å². The highest BCUT2D eigenvalue weighted by atomic mass is 19.4. The Bertz CT molecular complexity index is 567. The molecule has 0 bridgehead atoms. The molecule has 2 aromatic carbocycles. The minimum atomic E-state index is -4.71. The van der Waals surface area contributed by atoms with Gasteiger partial charge in [0, 0.05) is 17.8 Å². The van der Waals surface area contributed by atoms with Crippen LogP contribution in [-0.2, 0) is 6.54 Å². The summed E-state index contributed by atoms with van der Waals surface area (Å²) in [6.45, 7) is 0.178. The average Bonchev–Trinajstić information content (AvgIpc) is 2.38. The van der Waals surface area contributed by atoms with Gasteiger partial charge in [0.05, 0.1) is 0 Å². The minimum Gasteiger partial charge on any atom is -0.508 e. The van der Waals surface area contributed by atoms with Crippen LogP contribution in [0.15, 0.2) is 48.5 Å². The molecular formula is C14H12F3NO2. The fourth-order valence-corrected chi connectivity index (χ4v) is 1.65. The molecule has 2 aromatic rings. The van der Waals surface area contributed by atoms with Gasteiger partial charge in [0.2, 0.25) is 0 Å². The van der Waals surface area contributed by atoms with Gasteiger partial charge in [0.15, 0.2) is 0 Å². The number of nitrogens with one attached hydrogen (secondary N) is 1. The third kappa shape index (κ3) is 4.08. The van der Waals surface area contributed by atoms with E-state index in [0.717, 1.165) is 0 Å². The number of halogens is 3. The number of para-hydroxylation sites is 1. The summed E-state index contributed by atoms with van der Waals surface area (Å²) in [6, 6.07) is 12.2. The Morgan fingerprint density at radius 1 is 1.00 bits per heavy atom. The summed E-state index contributed by atoms with van der Waals surface area (Å²) in [5, 5.41) is 12.1. The lowest BCUT2D eigenvalue weighted by atomic mass is 10.2. The smallest absolute Gasteiger partial charge is 0.508 e. The number of benzene rings is 2. The van der Waals surface area contributed by atoms with Crippen molar-refractivity contribution in [3.63, 3.8) is 0 Å². The lowest BCUT2D eigenvalue weighted by Crippen LogP contribution is -2.18. The van der Waals surface area contributed by atoms with Crippen molar-refractivity contribution in [2.24, 2.45) is 0 Å². The molecule has 0 aliphatic rings. The quantitative estimate of drug-likeness (QED) is 0.836. The molecule has 106 valence electrons. The Morgan fingerprint density at radius 2 is 1.65 bits per heavy atom. The summed E-state index contributed by atoms with van der Waals surface area (Å²) >= 11 is 0. The Hall–Kier alpha value is -2.37. The second-order valence-corrected chi connectivity index (χ2v) is 4.06. The summed E-state index contributed by atoms with van der Waals surface area (Å²) in [5.74, 6) is -0.109. The van der Waals surface area contributed by atoms with Gasteiger partial charge in [0.25, 0.3) is 0 Å². The molecule has 0 heterocycles. The van der Waals surface area contributed by atoms with Crippen LogP contribution in [0.4, 0.5) is 18.9 Å². The zero-order valence-electron chi connectivity index (χ0n) is 10.3. The Balaban J connectivity index is 2.07. The van der Waals surface area contributed by atoms with Gasteiger partial charge in [-0.05, 0) is 30.3 Å². The normalized spacial score (nSPS) is 11.2. The molecule has 6 heteroatoms. The van der Waals surface area contributed by atoms with Gasteiger partial charge < -0.3 is 15.2 Å². The second kappa shape index (κ2) is 5.73. The third-order valence-electron chi connectivity index (χ3n) is 2.55. The first-order valence-corrected chi connectivity index (χ1v) is 5.80. The van der Waals surface area contributed by atoms with Crippen LogP contribution in [0.25, 0.3) is 0 Å². The van der Waals surface area contributed by atoms with Crippen LogP contribution in [0.5, 0.6) is 11.5 Å². The fraction of sp³-hybridized carbons (Fsp3) is 0.143. The Kier molecular flexibility index (Phi) is 4.02. The van der Waals surface area contributed by atoms with Gasteiger partial charge in [-0.1, -0.05) is 18.2 Å². The zero-order chi connectivity index (χ0) is 14.6. The molecule has 0 saturated heterocycles. The maximum absolute atomic E-state index is 12.3. The monoisotopic (exact) mass is 283 g/mol. The van der Waals surface area contributed by atoms with Crippen molar-refractivity contribution in [2.45, 2.75) is 12.9 Å². The summed E-state index contributed by atoms with van der Waals surface area (Å²) in [7, 11) is 0. The van der Waals surface area contributed by atoms with E-state index in [0.29, 0.717) is 11.3 Å². The van der Waals surface area contributed by atoms with E-state index >= 15 is 0 Å². The van der Waals surface area contributed by atoms with Gasteiger partial charge >= 0.3 is 6.36 Å². The molecule has 0 saturated carbocycles. The number of hydrogen-bond donors (Lipinski definition) is 2. The van der Waals surface area contributed by atoms with Crippen LogP contribution in [0.3, 0.4) is 0 Å². The fourth-order valence-electron chi connectivity index (χ4n) is 1.65. The van der Waals surface area contributed by atoms with Crippen LogP contribution in [0, 0.1) is 0 Å². The summed E-state index contributed by atoms with van der Waals surface area (Å²) in [4.78, 5) is 0. The van der Waals surface area contributed by atoms with E-state index in [9.17, 15) is 13.2 Å². The predicted molar refractivity (Wildman–Crippen MR) is 68.6 cm³/mol. The first-order chi connectivity index (χ1) is 9.44.